The van der Waals surface area contributed by atoms with Gasteiger partial charge in [0.15, 0.2) is 5.76 Å². The van der Waals surface area contributed by atoms with E-state index in [0.717, 1.165) is 5.56 Å². The summed E-state index contributed by atoms with van der Waals surface area (Å²) >= 11 is 0. The fraction of sp³-hybridized carbons (Fsp3) is 0.214. The van der Waals surface area contributed by atoms with Gasteiger partial charge in [0, 0.05) is 5.56 Å². The highest BCUT2D eigenvalue weighted by atomic mass is 16.4. The number of hydrogen-bond donors (Lipinski definition) is 2. The van der Waals surface area contributed by atoms with Crippen LogP contribution in [0.25, 0.3) is 11.3 Å². The van der Waals surface area contributed by atoms with Crippen molar-refractivity contribution >= 4 is 5.97 Å². The molecule has 0 aliphatic rings. The monoisotopic (exact) mass is 246 g/mol. The molecule has 1 aromatic heterocycles. The Bertz CT molecular complexity index is 596. The van der Waals surface area contributed by atoms with Gasteiger partial charge in [-0.1, -0.05) is 18.6 Å². The van der Waals surface area contributed by atoms with Crippen molar-refractivity contribution in [1.82, 2.24) is 0 Å². The van der Waals surface area contributed by atoms with Crippen molar-refractivity contribution in [2.45, 2.75) is 20.3 Å². The number of phenolic OH excluding ortho intramolecular Hbond substituents is 1. The molecular formula is C14H14O4. The van der Waals surface area contributed by atoms with Crippen LogP contribution in [0.1, 0.15) is 28.4 Å². The summed E-state index contributed by atoms with van der Waals surface area (Å²) in [7, 11) is 0. The first-order chi connectivity index (χ1) is 8.54. The van der Waals surface area contributed by atoms with Gasteiger partial charge in [0.25, 0.3) is 0 Å². The average Bonchev–Trinajstić information content (AvgIpc) is 2.75. The first kappa shape index (κ1) is 12.2. The third-order valence-electron chi connectivity index (χ3n) is 2.86. The molecule has 1 heterocycles. The van der Waals surface area contributed by atoms with E-state index in [-0.39, 0.29) is 17.1 Å². The quantitative estimate of drug-likeness (QED) is 0.872. The van der Waals surface area contributed by atoms with E-state index in [1.807, 2.05) is 13.8 Å². The van der Waals surface area contributed by atoms with Gasteiger partial charge in [-0.3, -0.25) is 0 Å². The minimum absolute atomic E-state index is 0.0140. The number of aromatic hydroxyl groups is 1. The van der Waals surface area contributed by atoms with Crippen molar-refractivity contribution in [1.29, 1.82) is 0 Å². The zero-order valence-electron chi connectivity index (χ0n) is 10.2. The molecule has 0 saturated heterocycles. The summed E-state index contributed by atoms with van der Waals surface area (Å²) in [6.07, 6.45) is 2.00. The molecule has 0 bridgehead atoms. The molecule has 0 aliphatic heterocycles. The minimum atomic E-state index is -1.04. The molecule has 0 aliphatic carbocycles. The molecule has 4 heteroatoms. The summed E-state index contributed by atoms with van der Waals surface area (Å²) in [5.74, 6) is -0.822. The Labute approximate surface area is 104 Å². The lowest BCUT2D eigenvalue weighted by atomic mass is 10.0. The molecule has 0 saturated carbocycles. The van der Waals surface area contributed by atoms with Gasteiger partial charge in [0.2, 0.25) is 0 Å². The van der Waals surface area contributed by atoms with E-state index in [9.17, 15) is 15.0 Å². The van der Waals surface area contributed by atoms with E-state index >= 15 is 0 Å². The Balaban J connectivity index is 2.67. The number of aromatic carboxylic acids is 1. The van der Waals surface area contributed by atoms with Crippen LogP contribution in [0.4, 0.5) is 0 Å². The predicted octanol–water partition coefficient (Wildman–Crippen LogP) is 3.22. The summed E-state index contributed by atoms with van der Waals surface area (Å²) in [6, 6.07) is 4.99. The lowest BCUT2D eigenvalue weighted by molar-refractivity contribution is 0.0696. The second kappa shape index (κ2) is 4.56. The largest absolute Gasteiger partial charge is 0.507 e. The van der Waals surface area contributed by atoms with Crippen LogP contribution >= 0.6 is 0 Å². The maximum atomic E-state index is 11.3. The lowest BCUT2D eigenvalue weighted by Crippen LogP contribution is -2.00. The van der Waals surface area contributed by atoms with Crippen molar-refractivity contribution < 1.29 is 19.4 Å². The van der Waals surface area contributed by atoms with Crippen LogP contribution in [0.3, 0.4) is 0 Å². The number of carboxylic acids is 1. The predicted molar refractivity (Wildman–Crippen MR) is 66.9 cm³/mol. The van der Waals surface area contributed by atoms with Crippen LogP contribution in [0.5, 0.6) is 5.75 Å². The molecule has 4 nitrogen and oxygen atoms in total. The Hall–Kier alpha value is -2.23. The van der Waals surface area contributed by atoms with Crippen molar-refractivity contribution in [2.75, 3.05) is 0 Å². The highest BCUT2D eigenvalue weighted by Gasteiger charge is 2.22. The number of aryl methyl sites for hydroxylation is 2. The van der Waals surface area contributed by atoms with Crippen LogP contribution in [-0.4, -0.2) is 16.2 Å². The number of rotatable bonds is 3. The summed E-state index contributed by atoms with van der Waals surface area (Å²) in [4.78, 5) is 11.3. The molecular weight excluding hydrogens is 232 g/mol. The molecule has 0 spiro atoms. The van der Waals surface area contributed by atoms with Crippen LogP contribution in [-0.2, 0) is 6.42 Å². The molecule has 2 rings (SSSR count). The summed E-state index contributed by atoms with van der Waals surface area (Å²) in [6.45, 7) is 3.73. The second-order valence-corrected chi connectivity index (χ2v) is 4.14. The zero-order chi connectivity index (χ0) is 13.3. The smallest absolute Gasteiger partial charge is 0.339 e. The number of carboxylic acid groups (broad SMARTS) is 1. The fourth-order valence-electron chi connectivity index (χ4n) is 1.92. The standard InChI is InChI=1S/C14H14O4/c1-3-9-7-18-13(12(9)14(16)17)10-6-8(2)4-5-11(10)15/h4-7,15H,3H2,1-2H3,(H,16,17). The molecule has 0 atom stereocenters. The van der Waals surface area contributed by atoms with E-state index in [2.05, 4.69) is 0 Å². The van der Waals surface area contributed by atoms with Crippen LogP contribution in [0, 0.1) is 6.92 Å². The highest BCUT2D eigenvalue weighted by Crippen LogP contribution is 2.35. The van der Waals surface area contributed by atoms with Gasteiger partial charge in [-0.05, 0) is 25.5 Å². The van der Waals surface area contributed by atoms with Gasteiger partial charge in [-0.25, -0.2) is 4.79 Å². The maximum Gasteiger partial charge on any atom is 0.339 e. The summed E-state index contributed by atoms with van der Waals surface area (Å²) in [5.41, 5.74) is 2.08. The normalized spacial score (nSPS) is 10.6. The van der Waals surface area contributed by atoms with Crippen molar-refractivity contribution in [2.24, 2.45) is 0 Å². The number of furan rings is 1. The molecule has 2 aromatic rings. The Morgan fingerprint density at radius 3 is 2.72 bits per heavy atom. The van der Waals surface area contributed by atoms with Crippen molar-refractivity contribution in [3.63, 3.8) is 0 Å². The van der Waals surface area contributed by atoms with Crippen molar-refractivity contribution in [3.8, 4) is 17.1 Å². The molecule has 2 N–H and O–H groups in total. The number of hydrogen-bond acceptors (Lipinski definition) is 3. The molecule has 0 fully saturated rings. The van der Waals surface area contributed by atoms with Gasteiger partial charge in [-0.2, -0.15) is 0 Å². The number of benzene rings is 1. The number of phenols is 1. The van der Waals surface area contributed by atoms with Crippen LogP contribution < -0.4 is 0 Å². The Morgan fingerprint density at radius 1 is 1.39 bits per heavy atom. The van der Waals surface area contributed by atoms with Crippen LogP contribution in [0.15, 0.2) is 28.9 Å². The average molecular weight is 246 g/mol. The first-order valence-corrected chi connectivity index (χ1v) is 5.68. The molecule has 94 valence electrons. The van der Waals surface area contributed by atoms with E-state index in [4.69, 9.17) is 4.42 Å². The Morgan fingerprint density at radius 2 is 2.11 bits per heavy atom. The number of carbonyl (C=O) groups is 1. The van der Waals surface area contributed by atoms with Gasteiger partial charge in [0.1, 0.15) is 11.3 Å². The maximum absolute atomic E-state index is 11.3. The van der Waals surface area contributed by atoms with E-state index in [1.165, 1.54) is 12.3 Å². The molecule has 1 aromatic carbocycles. The molecule has 0 amide bonds. The third kappa shape index (κ3) is 1.97. The second-order valence-electron chi connectivity index (χ2n) is 4.14. The summed E-state index contributed by atoms with van der Waals surface area (Å²) < 4.78 is 5.33. The lowest BCUT2D eigenvalue weighted by Gasteiger charge is -2.04. The van der Waals surface area contributed by atoms with Gasteiger partial charge in [0.05, 0.1) is 11.8 Å². The van der Waals surface area contributed by atoms with E-state index in [0.29, 0.717) is 17.5 Å². The fourth-order valence-corrected chi connectivity index (χ4v) is 1.92. The SMILES string of the molecule is CCc1coc(-c2cc(C)ccc2O)c1C(=O)O. The molecule has 0 unspecified atom stereocenters. The Kier molecular flexibility index (Phi) is 3.10. The topological polar surface area (TPSA) is 70.7 Å². The van der Waals surface area contributed by atoms with Gasteiger partial charge >= 0.3 is 5.97 Å². The van der Waals surface area contributed by atoms with Gasteiger partial charge in [-0.15, -0.1) is 0 Å². The van der Waals surface area contributed by atoms with E-state index in [1.54, 1.807) is 12.1 Å². The summed E-state index contributed by atoms with van der Waals surface area (Å²) in [5, 5.41) is 19.1. The molecule has 18 heavy (non-hydrogen) atoms. The minimum Gasteiger partial charge on any atom is -0.507 e. The van der Waals surface area contributed by atoms with Crippen molar-refractivity contribution in [3.05, 3.63) is 41.2 Å². The first-order valence-electron chi connectivity index (χ1n) is 5.68. The third-order valence-corrected chi connectivity index (χ3v) is 2.86. The van der Waals surface area contributed by atoms with E-state index < -0.39 is 5.97 Å². The molecule has 0 radical (unpaired) electrons. The zero-order valence-corrected chi connectivity index (χ0v) is 10.2. The van der Waals surface area contributed by atoms with Crippen LogP contribution in [0.2, 0.25) is 0 Å². The highest BCUT2D eigenvalue weighted by molar-refractivity contribution is 5.96. The van der Waals surface area contributed by atoms with Gasteiger partial charge < -0.3 is 14.6 Å².